The number of benzene rings is 1. The minimum atomic E-state index is -0.281. The van der Waals surface area contributed by atoms with E-state index in [1.54, 1.807) is 0 Å². The van der Waals surface area contributed by atoms with Crippen LogP contribution in [-0.4, -0.2) is 35.7 Å². The molecule has 2 fully saturated rings. The van der Waals surface area contributed by atoms with E-state index in [0.29, 0.717) is 6.54 Å². The Bertz CT molecular complexity index is 754. The molecule has 4 atom stereocenters. The summed E-state index contributed by atoms with van der Waals surface area (Å²) in [4.78, 5) is 38.8. The first-order chi connectivity index (χ1) is 12.4. The molecule has 5 heteroatoms. The van der Waals surface area contributed by atoms with Crippen LogP contribution in [0.25, 0.3) is 0 Å². The van der Waals surface area contributed by atoms with Crippen LogP contribution in [0, 0.1) is 23.7 Å². The summed E-state index contributed by atoms with van der Waals surface area (Å²) < 4.78 is 0. The molecular weight excluding hydrogens is 328 g/mol. The van der Waals surface area contributed by atoms with Gasteiger partial charge in [0.25, 0.3) is 0 Å². The van der Waals surface area contributed by atoms with Crippen molar-refractivity contribution in [2.75, 3.05) is 13.1 Å². The second-order valence-electron chi connectivity index (χ2n) is 8.29. The summed E-state index contributed by atoms with van der Waals surface area (Å²) in [7, 11) is 0. The molecule has 1 aliphatic heterocycles. The molecule has 0 aromatic heterocycles. The minimum absolute atomic E-state index is 0.172. The van der Waals surface area contributed by atoms with Crippen LogP contribution in [0.2, 0.25) is 0 Å². The van der Waals surface area contributed by atoms with Gasteiger partial charge in [-0.05, 0) is 23.8 Å². The van der Waals surface area contributed by atoms with E-state index in [1.165, 1.54) is 4.90 Å². The average molecular weight is 352 g/mol. The van der Waals surface area contributed by atoms with E-state index in [0.717, 1.165) is 12.0 Å². The third kappa shape index (κ3) is 2.66. The van der Waals surface area contributed by atoms with Gasteiger partial charge >= 0.3 is 0 Å². The standard InChI is InChI=1S/C21H24N2O3/c1-21(2,15-6-4-3-5-7-15)12-22-16(24)11-23-19(25)17-13-8-9-14(10-13)18(17)20(23)26/h3-9,13-14,17-18H,10-12H2,1-2H3,(H,22,24). The molecule has 1 N–H and O–H groups in total. The van der Waals surface area contributed by atoms with Gasteiger partial charge in [-0.3, -0.25) is 19.3 Å². The predicted octanol–water partition coefficient (Wildman–Crippen LogP) is 1.89. The molecule has 136 valence electrons. The Morgan fingerprint density at radius 1 is 1.08 bits per heavy atom. The summed E-state index contributed by atoms with van der Waals surface area (Å²) in [6.45, 7) is 4.39. The zero-order valence-corrected chi connectivity index (χ0v) is 15.1. The Balaban J connectivity index is 1.37. The summed E-state index contributed by atoms with van der Waals surface area (Å²) in [6.07, 6.45) is 5.02. The largest absolute Gasteiger partial charge is 0.354 e. The van der Waals surface area contributed by atoms with Crippen molar-refractivity contribution < 1.29 is 14.4 Å². The second kappa shape index (κ2) is 6.08. The van der Waals surface area contributed by atoms with Crippen LogP contribution in [0.1, 0.15) is 25.8 Å². The van der Waals surface area contributed by atoms with Gasteiger partial charge in [0, 0.05) is 12.0 Å². The number of nitrogens with one attached hydrogen (secondary N) is 1. The van der Waals surface area contributed by atoms with Crippen LogP contribution in [0.15, 0.2) is 42.5 Å². The fourth-order valence-electron chi connectivity index (χ4n) is 4.63. The van der Waals surface area contributed by atoms with Crippen LogP contribution in [0.5, 0.6) is 0 Å². The number of carbonyl (C=O) groups is 3. The lowest BCUT2D eigenvalue weighted by molar-refractivity contribution is -0.144. The molecule has 2 aliphatic carbocycles. The number of imide groups is 1. The first-order valence-corrected chi connectivity index (χ1v) is 9.24. The molecule has 1 saturated heterocycles. The summed E-state index contributed by atoms with van der Waals surface area (Å²) >= 11 is 0. The molecule has 26 heavy (non-hydrogen) atoms. The lowest BCUT2D eigenvalue weighted by Gasteiger charge is -2.26. The van der Waals surface area contributed by atoms with Crippen molar-refractivity contribution in [3.05, 3.63) is 48.0 Å². The molecule has 0 radical (unpaired) electrons. The van der Waals surface area contributed by atoms with Gasteiger partial charge in [0.1, 0.15) is 6.54 Å². The van der Waals surface area contributed by atoms with Gasteiger partial charge in [-0.25, -0.2) is 0 Å². The SMILES string of the molecule is CC(C)(CNC(=O)CN1C(=O)C2C3C=CC(C3)C2C1=O)c1ccccc1. The van der Waals surface area contributed by atoms with E-state index in [2.05, 4.69) is 31.3 Å². The van der Waals surface area contributed by atoms with Crippen LogP contribution in [0.3, 0.4) is 0 Å². The highest BCUT2D eigenvalue weighted by atomic mass is 16.2. The molecule has 1 saturated carbocycles. The summed E-state index contributed by atoms with van der Waals surface area (Å²) in [5.74, 6) is -0.769. The molecule has 1 aromatic carbocycles. The van der Waals surface area contributed by atoms with Crippen LogP contribution < -0.4 is 5.32 Å². The summed E-state index contributed by atoms with van der Waals surface area (Å²) in [5, 5.41) is 2.89. The normalized spacial score (nSPS) is 29.4. The van der Waals surface area contributed by atoms with Crippen molar-refractivity contribution in [1.82, 2.24) is 10.2 Å². The minimum Gasteiger partial charge on any atom is -0.354 e. The molecule has 5 nitrogen and oxygen atoms in total. The van der Waals surface area contributed by atoms with Gasteiger partial charge < -0.3 is 5.32 Å². The van der Waals surface area contributed by atoms with Crippen molar-refractivity contribution in [3.63, 3.8) is 0 Å². The molecule has 2 bridgehead atoms. The number of amides is 3. The number of hydrogen-bond acceptors (Lipinski definition) is 3. The maximum absolute atomic E-state index is 12.6. The average Bonchev–Trinajstić information content (AvgIpc) is 3.31. The Morgan fingerprint density at radius 2 is 1.65 bits per heavy atom. The molecule has 4 unspecified atom stereocenters. The fourth-order valence-corrected chi connectivity index (χ4v) is 4.63. The van der Waals surface area contributed by atoms with Gasteiger partial charge in [0.05, 0.1) is 11.8 Å². The predicted molar refractivity (Wildman–Crippen MR) is 96.9 cm³/mol. The van der Waals surface area contributed by atoms with Crippen LogP contribution in [-0.2, 0) is 19.8 Å². The number of rotatable bonds is 5. The Kier molecular flexibility index (Phi) is 3.98. The van der Waals surface area contributed by atoms with E-state index < -0.39 is 0 Å². The maximum Gasteiger partial charge on any atom is 0.240 e. The van der Waals surface area contributed by atoms with Gasteiger partial charge in [0.2, 0.25) is 17.7 Å². The van der Waals surface area contributed by atoms with E-state index in [9.17, 15) is 14.4 Å². The van der Waals surface area contributed by atoms with Crippen molar-refractivity contribution >= 4 is 17.7 Å². The molecule has 1 aromatic rings. The lowest BCUT2D eigenvalue weighted by Crippen LogP contribution is -2.44. The number of nitrogens with zero attached hydrogens (tertiary/aromatic N) is 1. The lowest BCUT2D eigenvalue weighted by atomic mass is 9.84. The molecule has 1 heterocycles. The van der Waals surface area contributed by atoms with Gasteiger partial charge in [-0.1, -0.05) is 56.3 Å². The molecule has 3 amide bonds. The summed E-state index contributed by atoms with van der Waals surface area (Å²) in [6, 6.07) is 9.97. The first-order valence-electron chi connectivity index (χ1n) is 9.24. The Hall–Kier alpha value is -2.43. The van der Waals surface area contributed by atoms with Gasteiger partial charge in [-0.15, -0.1) is 0 Å². The van der Waals surface area contributed by atoms with E-state index in [1.807, 2.05) is 30.3 Å². The van der Waals surface area contributed by atoms with Crippen molar-refractivity contribution in [3.8, 4) is 0 Å². The smallest absolute Gasteiger partial charge is 0.240 e. The number of carbonyl (C=O) groups excluding carboxylic acids is 3. The van der Waals surface area contributed by atoms with Crippen molar-refractivity contribution in [1.29, 1.82) is 0 Å². The van der Waals surface area contributed by atoms with E-state index in [4.69, 9.17) is 0 Å². The molecule has 3 aliphatic rings. The van der Waals surface area contributed by atoms with Crippen LogP contribution in [0.4, 0.5) is 0 Å². The molecule has 0 spiro atoms. The number of hydrogen-bond donors (Lipinski definition) is 1. The van der Waals surface area contributed by atoms with E-state index >= 15 is 0 Å². The highest BCUT2D eigenvalue weighted by Crippen LogP contribution is 2.52. The molecule has 4 rings (SSSR count). The third-order valence-electron chi connectivity index (χ3n) is 6.15. The fraction of sp³-hybridized carbons (Fsp3) is 0.476. The number of fused-ring (bicyclic) bond motifs is 5. The number of allylic oxidation sites excluding steroid dienone is 2. The third-order valence-corrected chi connectivity index (χ3v) is 6.15. The zero-order valence-electron chi connectivity index (χ0n) is 15.1. The maximum atomic E-state index is 12.6. The van der Waals surface area contributed by atoms with Crippen LogP contribution >= 0.6 is 0 Å². The topological polar surface area (TPSA) is 66.5 Å². The monoisotopic (exact) mass is 352 g/mol. The molecular formula is C21H24N2O3. The zero-order chi connectivity index (χ0) is 18.5. The Labute approximate surface area is 153 Å². The quantitative estimate of drug-likeness (QED) is 0.650. The number of likely N-dealkylation sites (tertiary alicyclic amines) is 1. The van der Waals surface area contributed by atoms with Gasteiger partial charge in [-0.2, -0.15) is 0 Å². The highest BCUT2D eigenvalue weighted by molar-refractivity contribution is 6.08. The first kappa shape index (κ1) is 17.0. The Morgan fingerprint density at radius 3 is 2.23 bits per heavy atom. The van der Waals surface area contributed by atoms with Crippen molar-refractivity contribution in [2.24, 2.45) is 23.7 Å². The second-order valence-corrected chi connectivity index (χ2v) is 8.29. The highest BCUT2D eigenvalue weighted by Gasteiger charge is 2.59. The van der Waals surface area contributed by atoms with Crippen molar-refractivity contribution in [2.45, 2.75) is 25.7 Å². The van der Waals surface area contributed by atoms with Gasteiger partial charge in [0.15, 0.2) is 0 Å². The van der Waals surface area contributed by atoms with E-state index in [-0.39, 0.29) is 53.4 Å². The summed E-state index contributed by atoms with van der Waals surface area (Å²) in [5.41, 5.74) is 0.904.